The monoisotopic (exact) mass is 492 g/mol. The van der Waals surface area contributed by atoms with Gasteiger partial charge in [-0.15, -0.1) is 0 Å². The molecule has 0 radical (unpaired) electrons. The van der Waals surface area contributed by atoms with Crippen LogP contribution in [0.1, 0.15) is 35.6 Å². The summed E-state index contributed by atoms with van der Waals surface area (Å²) in [6, 6.07) is 13.2. The van der Waals surface area contributed by atoms with Crippen LogP contribution in [0.3, 0.4) is 0 Å². The molecule has 0 aromatic heterocycles. The number of benzene rings is 2. The van der Waals surface area contributed by atoms with Crippen LogP contribution in [0.25, 0.3) is 0 Å². The summed E-state index contributed by atoms with van der Waals surface area (Å²) in [4.78, 5) is 18.4. The average molecular weight is 494 g/mol. The predicted octanol–water partition coefficient (Wildman–Crippen LogP) is 4.57. The maximum absolute atomic E-state index is 12.0. The van der Waals surface area contributed by atoms with Crippen LogP contribution >= 0.6 is 39.3 Å². The van der Waals surface area contributed by atoms with E-state index in [9.17, 15) is 15.0 Å². The highest BCUT2D eigenvalue weighted by molar-refractivity contribution is 9.10. The van der Waals surface area contributed by atoms with Gasteiger partial charge >= 0.3 is 5.97 Å². The lowest BCUT2D eigenvalue weighted by Crippen LogP contribution is -2.53. The summed E-state index contributed by atoms with van der Waals surface area (Å²) >= 11 is 11.0. The van der Waals surface area contributed by atoms with Gasteiger partial charge < -0.3 is 15.1 Å². The number of carboxylic acids is 1. The van der Waals surface area contributed by atoms with Crippen molar-refractivity contribution in [3.63, 3.8) is 0 Å². The topological polar surface area (TPSA) is 73.1 Å². The molecule has 2 N–H and O–H groups in total. The number of aliphatic hydroxyl groups is 1. The van der Waals surface area contributed by atoms with Crippen molar-refractivity contribution in [3.8, 4) is 0 Å². The van der Waals surface area contributed by atoms with E-state index in [0.717, 1.165) is 22.5 Å². The molecule has 2 aromatic rings. The fourth-order valence-electron chi connectivity index (χ4n) is 4.70. The van der Waals surface area contributed by atoms with Crippen molar-refractivity contribution < 1.29 is 15.0 Å². The van der Waals surface area contributed by atoms with Crippen LogP contribution in [0.5, 0.6) is 0 Å². The van der Waals surface area contributed by atoms with Gasteiger partial charge in [0.15, 0.2) is 10.9 Å². The van der Waals surface area contributed by atoms with Crippen molar-refractivity contribution in [2.24, 2.45) is 4.99 Å². The molecule has 5 rings (SSSR count). The van der Waals surface area contributed by atoms with Gasteiger partial charge in [0.2, 0.25) is 0 Å². The first-order valence-corrected chi connectivity index (χ1v) is 11.5. The number of aryl methyl sites for hydroxylation is 1. The molecule has 1 fully saturated rings. The Hall–Kier alpha value is -1.54. The van der Waals surface area contributed by atoms with Gasteiger partial charge in [-0.25, -0.2) is 0 Å². The second-order valence-electron chi connectivity index (χ2n) is 7.61. The number of thioether (sulfide) groups is 1. The first-order chi connectivity index (χ1) is 13.9. The van der Waals surface area contributed by atoms with Crippen LogP contribution in [0, 0.1) is 0 Å². The fourth-order valence-corrected chi connectivity index (χ4v) is 6.66. The van der Waals surface area contributed by atoms with Crippen molar-refractivity contribution in [2.75, 3.05) is 0 Å². The SMILES string of the molecule is O=C(O)C[C@@H]1SC2=NC3c4cc(Br)ccc4CCC3N2[C@@]1(O)c1ccc(Cl)cc1. The second kappa shape index (κ2) is 7.01. The molecule has 0 bridgehead atoms. The molecule has 2 aliphatic heterocycles. The molecule has 0 amide bonds. The van der Waals surface area contributed by atoms with Gasteiger partial charge in [-0.05, 0) is 48.2 Å². The molecule has 150 valence electrons. The number of hydrogen-bond acceptors (Lipinski definition) is 5. The molecule has 2 unspecified atom stereocenters. The average Bonchev–Trinajstić information content (AvgIpc) is 3.18. The first kappa shape index (κ1) is 19.4. The number of carboxylic acid groups (broad SMARTS) is 1. The van der Waals surface area contributed by atoms with Gasteiger partial charge in [-0.3, -0.25) is 9.79 Å². The lowest BCUT2D eigenvalue weighted by molar-refractivity contribution is -0.141. The molecule has 0 saturated carbocycles. The summed E-state index contributed by atoms with van der Waals surface area (Å²) in [5, 5.41) is 22.2. The van der Waals surface area contributed by atoms with Crippen molar-refractivity contribution >= 4 is 50.4 Å². The Morgan fingerprint density at radius 3 is 2.79 bits per heavy atom. The summed E-state index contributed by atoms with van der Waals surface area (Å²) in [6.07, 6.45) is 1.59. The van der Waals surface area contributed by atoms with E-state index >= 15 is 0 Å². The maximum Gasteiger partial charge on any atom is 0.304 e. The van der Waals surface area contributed by atoms with E-state index in [2.05, 4.69) is 28.1 Å². The highest BCUT2D eigenvalue weighted by Gasteiger charge is 2.59. The second-order valence-corrected chi connectivity index (χ2v) is 10.1. The van der Waals surface area contributed by atoms with Crippen molar-refractivity contribution in [1.29, 1.82) is 0 Å². The maximum atomic E-state index is 12.0. The highest BCUT2D eigenvalue weighted by atomic mass is 79.9. The van der Waals surface area contributed by atoms with Crippen LogP contribution in [-0.4, -0.2) is 37.5 Å². The van der Waals surface area contributed by atoms with Crippen LogP contribution in [0.2, 0.25) is 5.02 Å². The van der Waals surface area contributed by atoms with E-state index in [1.807, 2.05) is 11.0 Å². The van der Waals surface area contributed by atoms with E-state index < -0.39 is 16.9 Å². The lowest BCUT2D eigenvalue weighted by atomic mass is 9.82. The van der Waals surface area contributed by atoms with Crippen molar-refractivity contribution in [3.05, 3.63) is 68.7 Å². The zero-order valence-electron chi connectivity index (χ0n) is 15.3. The van der Waals surface area contributed by atoms with Crippen LogP contribution in [0.4, 0.5) is 0 Å². The number of hydrogen-bond donors (Lipinski definition) is 2. The van der Waals surface area contributed by atoms with Crippen LogP contribution < -0.4 is 0 Å². The normalized spacial score (nSPS) is 29.8. The Morgan fingerprint density at radius 2 is 2.07 bits per heavy atom. The lowest BCUT2D eigenvalue weighted by Gasteiger charge is -2.42. The van der Waals surface area contributed by atoms with Gasteiger partial charge in [-0.2, -0.15) is 0 Å². The quantitative estimate of drug-likeness (QED) is 0.655. The van der Waals surface area contributed by atoms with Gasteiger partial charge in [0.25, 0.3) is 0 Å². The van der Waals surface area contributed by atoms with Gasteiger partial charge in [-0.1, -0.05) is 57.5 Å². The standard InChI is InChI=1S/C21H18BrClN2O3S/c22-13-5-1-11-2-8-16-19(15(11)9-13)24-20-25(16)21(28,17(29-20)10-18(26)27)12-3-6-14(23)7-4-12/h1,3-7,9,16-17,19,28H,2,8,10H2,(H,26,27)/t16?,17-,19?,21+/m0/s1. The summed E-state index contributed by atoms with van der Waals surface area (Å²) in [5.41, 5.74) is 1.65. The molecule has 2 heterocycles. The molecule has 5 nitrogen and oxygen atoms in total. The van der Waals surface area contributed by atoms with Gasteiger partial charge in [0.05, 0.1) is 23.8 Å². The summed E-state index contributed by atoms with van der Waals surface area (Å²) < 4.78 is 1.01. The van der Waals surface area contributed by atoms with Crippen molar-refractivity contribution in [2.45, 2.75) is 42.3 Å². The number of fused-ring (bicyclic) bond motifs is 5. The number of aliphatic carboxylic acids is 1. The van der Waals surface area contributed by atoms with Crippen LogP contribution in [-0.2, 0) is 16.9 Å². The first-order valence-electron chi connectivity index (χ1n) is 9.40. The Bertz CT molecular complexity index is 1030. The third kappa shape index (κ3) is 3.02. The fraction of sp³-hybridized carbons (Fsp3) is 0.333. The summed E-state index contributed by atoms with van der Waals surface area (Å²) in [6.45, 7) is 0. The number of carbonyl (C=O) groups is 1. The third-order valence-electron chi connectivity index (χ3n) is 5.98. The van der Waals surface area contributed by atoms with Gasteiger partial charge in [0, 0.05) is 15.1 Å². The molecule has 29 heavy (non-hydrogen) atoms. The number of nitrogens with zero attached hydrogens (tertiary/aromatic N) is 2. The Balaban J connectivity index is 1.61. The zero-order valence-corrected chi connectivity index (χ0v) is 18.4. The molecule has 2 aromatic carbocycles. The minimum atomic E-state index is -1.45. The van der Waals surface area contributed by atoms with E-state index in [-0.39, 0.29) is 18.5 Å². The molecular formula is C21H18BrClN2O3S. The summed E-state index contributed by atoms with van der Waals surface area (Å²) in [5.74, 6) is -0.939. The van der Waals surface area contributed by atoms with E-state index in [1.165, 1.54) is 22.9 Å². The smallest absolute Gasteiger partial charge is 0.304 e. The highest BCUT2D eigenvalue weighted by Crippen LogP contribution is 2.55. The number of rotatable bonds is 3. The molecule has 1 saturated heterocycles. The zero-order chi connectivity index (χ0) is 20.3. The van der Waals surface area contributed by atoms with Crippen molar-refractivity contribution in [1.82, 2.24) is 4.90 Å². The molecule has 1 aliphatic carbocycles. The molecular weight excluding hydrogens is 476 g/mol. The third-order valence-corrected chi connectivity index (χ3v) is 8.02. The largest absolute Gasteiger partial charge is 0.481 e. The minimum absolute atomic E-state index is 0.0150. The number of halogens is 2. The Labute approximate surface area is 185 Å². The van der Waals surface area contributed by atoms with Crippen LogP contribution in [0.15, 0.2) is 51.9 Å². The molecule has 3 aliphatic rings. The van der Waals surface area contributed by atoms with E-state index in [4.69, 9.17) is 16.6 Å². The Kier molecular flexibility index (Phi) is 4.70. The number of aliphatic imine (C=N–C) groups is 1. The predicted molar refractivity (Wildman–Crippen MR) is 117 cm³/mol. The molecule has 8 heteroatoms. The number of amidine groups is 1. The minimum Gasteiger partial charge on any atom is -0.481 e. The summed E-state index contributed by atoms with van der Waals surface area (Å²) in [7, 11) is 0. The van der Waals surface area contributed by atoms with E-state index in [0.29, 0.717) is 10.6 Å². The Morgan fingerprint density at radius 1 is 1.31 bits per heavy atom. The van der Waals surface area contributed by atoms with E-state index in [1.54, 1.807) is 24.3 Å². The molecule has 4 atom stereocenters. The van der Waals surface area contributed by atoms with Gasteiger partial charge in [0.1, 0.15) is 0 Å². The molecule has 0 spiro atoms.